The number of rotatable bonds is 1. The van der Waals surface area contributed by atoms with Crippen LogP contribution >= 0.6 is 0 Å². The summed E-state index contributed by atoms with van der Waals surface area (Å²) in [4.78, 5) is 26.4. The molecule has 1 saturated heterocycles. The van der Waals surface area contributed by atoms with E-state index in [0.29, 0.717) is 13.1 Å². The second-order valence-electron chi connectivity index (χ2n) is 4.27. The lowest BCUT2D eigenvalue weighted by atomic mass is 10.2. The average molecular weight is 248 g/mol. The fourth-order valence-electron chi connectivity index (χ4n) is 1.96. The number of hydrogen-bond acceptors (Lipinski definition) is 3. The molecule has 0 unspecified atom stereocenters. The first kappa shape index (κ1) is 12.4. The van der Waals surface area contributed by atoms with E-state index >= 15 is 0 Å². The molecule has 1 aliphatic heterocycles. The van der Waals surface area contributed by atoms with Crippen LogP contribution in [0.25, 0.3) is 0 Å². The lowest BCUT2D eigenvalue weighted by Gasteiger charge is -2.33. The van der Waals surface area contributed by atoms with Gasteiger partial charge < -0.3 is 9.64 Å². The molecule has 0 aromatic heterocycles. The van der Waals surface area contributed by atoms with Crippen LogP contribution in [0.1, 0.15) is 5.56 Å². The standard InChI is InChI=1S/C13H16N2O3/c1-10-3-5-11(6-4-10)15-8-7-14(9-12(15)16)13(17)18-2/h3-6H,7-9H2,1-2H3. The number of hydrogen-bond donors (Lipinski definition) is 0. The van der Waals surface area contributed by atoms with Crippen LogP contribution in [0.2, 0.25) is 0 Å². The third-order valence-electron chi connectivity index (χ3n) is 3.00. The molecular formula is C13H16N2O3. The van der Waals surface area contributed by atoms with Gasteiger partial charge in [0.15, 0.2) is 0 Å². The van der Waals surface area contributed by atoms with Crippen LogP contribution in [-0.2, 0) is 9.53 Å². The number of ether oxygens (including phenoxy) is 1. The Labute approximate surface area is 106 Å². The maximum Gasteiger partial charge on any atom is 0.410 e. The highest BCUT2D eigenvalue weighted by atomic mass is 16.5. The van der Waals surface area contributed by atoms with Crippen LogP contribution in [-0.4, -0.2) is 43.6 Å². The van der Waals surface area contributed by atoms with Gasteiger partial charge in [-0.1, -0.05) is 17.7 Å². The quantitative estimate of drug-likeness (QED) is 0.755. The van der Waals surface area contributed by atoms with Crippen molar-refractivity contribution in [2.24, 2.45) is 0 Å². The monoisotopic (exact) mass is 248 g/mol. The molecule has 0 bridgehead atoms. The van der Waals surface area contributed by atoms with E-state index in [0.717, 1.165) is 11.3 Å². The lowest BCUT2D eigenvalue weighted by Crippen LogP contribution is -2.52. The third kappa shape index (κ3) is 2.45. The highest BCUT2D eigenvalue weighted by molar-refractivity contribution is 5.97. The van der Waals surface area contributed by atoms with Crippen molar-refractivity contribution in [2.75, 3.05) is 31.6 Å². The summed E-state index contributed by atoms with van der Waals surface area (Å²) >= 11 is 0. The molecule has 0 atom stereocenters. The van der Waals surface area contributed by atoms with Gasteiger partial charge in [-0.2, -0.15) is 0 Å². The number of amides is 2. The summed E-state index contributed by atoms with van der Waals surface area (Å²) in [6, 6.07) is 7.77. The summed E-state index contributed by atoms with van der Waals surface area (Å²) in [5.74, 6) is -0.0875. The van der Waals surface area contributed by atoms with Crippen molar-refractivity contribution in [3.63, 3.8) is 0 Å². The average Bonchev–Trinajstić information content (AvgIpc) is 2.39. The van der Waals surface area contributed by atoms with Gasteiger partial charge in [0.05, 0.1) is 7.11 Å². The molecule has 2 rings (SSSR count). The number of carbonyl (C=O) groups excluding carboxylic acids is 2. The van der Waals surface area contributed by atoms with Crippen molar-refractivity contribution in [3.8, 4) is 0 Å². The van der Waals surface area contributed by atoms with Crippen LogP contribution in [0.4, 0.5) is 10.5 Å². The molecule has 0 spiro atoms. The Morgan fingerprint density at radius 2 is 1.89 bits per heavy atom. The molecule has 0 aliphatic carbocycles. The normalized spacial score (nSPS) is 15.8. The molecule has 5 heteroatoms. The molecular weight excluding hydrogens is 232 g/mol. The molecule has 0 radical (unpaired) electrons. The zero-order valence-electron chi connectivity index (χ0n) is 10.5. The first-order chi connectivity index (χ1) is 8.61. The van der Waals surface area contributed by atoms with E-state index in [1.165, 1.54) is 12.0 Å². The molecule has 1 aromatic carbocycles. The van der Waals surface area contributed by atoms with Gasteiger partial charge in [-0.05, 0) is 19.1 Å². The Balaban J connectivity index is 2.08. The zero-order chi connectivity index (χ0) is 13.1. The first-order valence-electron chi connectivity index (χ1n) is 5.82. The maximum atomic E-state index is 12.0. The number of nitrogens with zero attached hydrogens (tertiary/aromatic N) is 2. The lowest BCUT2D eigenvalue weighted by molar-refractivity contribution is -0.120. The summed E-state index contributed by atoms with van der Waals surface area (Å²) in [6.07, 6.45) is -0.452. The van der Waals surface area contributed by atoms with Crippen LogP contribution < -0.4 is 4.90 Å². The molecule has 0 N–H and O–H groups in total. The van der Waals surface area contributed by atoms with Gasteiger partial charge in [-0.15, -0.1) is 0 Å². The minimum atomic E-state index is -0.452. The van der Waals surface area contributed by atoms with Gasteiger partial charge in [0, 0.05) is 18.8 Å². The number of methoxy groups -OCH3 is 1. The van der Waals surface area contributed by atoms with Crippen molar-refractivity contribution in [1.82, 2.24) is 4.90 Å². The van der Waals surface area contributed by atoms with Gasteiger partial charge in [0.25, 0.3) is 0 Å². The van der Waals surface area contributed by atoms with Crippen LogP contribution in [0, 0.1) is 6.92 Å². The summed E-state index contributed by atoms with van der Waals surface area (Å²) in [7, 11) is 1.32. The molecule has 1 heterocycles. The summed E-state index contributed by atoms with van der Waals surface area (Å²) in [6.45, 7) is 3.06. The van der Waals surface area contributed by atoms with Gasteiger partial charge in [-0.25, -0.2) is 4.79 Å². The minimum absolute atomic E-state index is 0.0700. The SMILES string of the molecule is COC(=O)N1CCN(c2ccc(C)cc2)C(=O)C1. The Morgan fingerprint density at radius 1 is 1.22 bits per heavy atom. The zero-order valence-corrected chi connectivity index (χ0v) is 10.5. The van der Waals surface area contributed by atoms with Crippen molar-refractivity contribution in [3.05, 3.63) is 29.8 Å². The second kappa shape index (κ2) is 5.08. The number of aryl methyl sites for hydroxylation is 1. The largest absolute Gasteiger partial charge is 0.453 e. The van der Waals surface area contributed by atoms with Crippen molar-refractivity contribution < 1.29 is 14.3 Å². The Hall–Kier alpha value is -2.04. The van der Waals surface area contributed by atoms with E-state index in [-0.39, 0.29) is 12.5 Å². The molecule has 2 amide bonds. The van der Waals surface area contributed by atoms with Crippen molar-refractivity contribution in [1.29, 1.82) is 0 Å². The van der Waals surface area contributed by atoms with Gasteiger partial charge in [0.1, 0.15) is 6.54 Å². The molecule has 1 aromatic rings. The number of benzene rings is 1. The summed E-state index contributed by atoms with van der Waals surface area (Å²) in [5.41, 5.74) is 2.02. The molecule has 18 heavy (non-hydrogen) atoms. The highest BCUT2D eigenvalue weighted by Gasteiger charge is 2.28. The van der Waals surface area contributed by atoms with Crippen molar-refractivity contribution >= 4 is 17.7 Å². The molecule has 96 valence electrons. The van der Waals surface area contributed by atoms with E-state index in [2.05, 4.69) is 4.74 Å². The van der Waals surface area contributed by atoms with E-state index < -0.39 is 6.09 Å². The van der Waals surface area contributed by atoms with E-state index in [1.807, 2.05) is 31.2 Å². The number of carbonyl (C=O) groups is 2. The second-order valence-corrected chi connectivity index (χ2v) is 4.27. The minimum Gasteiger partial charge on any atom is -0.453 e. The van der Waals surface area contributed by atoms with E-state index in [9.17, 15) is 9.59 Å². The Bertz CT molecular complexity index is 456. The Morgan fingerprint density at radius 3 is 2.44 bits per heavy atom. The Kier molecular flexibility index (Phi) is 3.50. The van der Waals surface area contributed by atoms with Gasteiger partial charge in [-0.3, -0.25) is 9.69 Å². The molecule has 1 fully saturated rings. The first-order valence-corrected chi connectivity index (χ1v) is 5.82. The fraction of sp³-hybridized carbons (Fsp3) is 0.385. The topological polar surface area (TPSA) is 49.9 Å². The fourth-order valence-corrected chi connectivity index (χ4v) is 1.96. The van der Waals surface area contributed by atoms with E-state index in [1.54, 1.807) is 4.90 Å². The molecule has 5 nitrogen and oxygen atoms in total. The third-order valence-corrected chi connectivity index (χ3v) is 3.00. The maximum absolute atomic E-state index is 12.0. The highest BCUT2D eigenvalue weighted by Crippen LogP contribution is 2.18. The van der Waals surface area contributed by atoms with Gasteiger partial charge in [0.2, 0.25) is 5.91 Å². The number of anilines is 1. The molecule has 1 aliphatic rings. The van der Waals surface area contributed by atoms with Crippen LogP contribution in [0.5, 0.6) is 0 Å². The molecule has 0 saturated carbocycles. The predicted octanol–water partition coefficient (Wildman–Crippen LogP) is 1.41. The smallest absolute Gasteiger partial charge is 0.410 e. The number of piperazine rings is 1. The van der Waals surface area contributed by atoms with Crippen LogP contribution in [0.15, 0.2) is 24.3 Å². The van der Waals surface area contributed by atoms with E-state index in [4.69, 9.17) is 0 Å². The predicted molar refractivity (Wildman–Crippen MR) is 67.5 cm³/mol. The summed E-state index contributed by atoms with van der Waals surface area (Å²) < 4.78 is 4.61. The van der Waals surface area contributed by atoms with Crippen LogP contribution in [0.3, 0.4) is 0 Å². The van der Waals surface area contributed by atoms with Crippen molar-refractivity contribution in [2.45, 2.75) is 6.92 Å². The summed E-state index contributed by atoms with van der Waals surface area (Å²) in [5, 5.41) is 0. The van der Waals surface area contributed by atoms with Gasteiger partial charge >= 0.3 is 6.09 Å².